The minimum Gasteiger partial charge on any atom is -0.322 e. The molecule has 3 aromatic rings. The predicted molar refractivity (Wildman–Crippen MR) is 103 cm³/mol. The van der Waals surface area contributed by atoms with Gasteiger partial charge in [-0.2, -0.15) is 0 Å². The van der Waals surface area contributed by atoms with E-state index in [1.807, 2.05) is 37.3 Å². The van der Waals surface area contributed by atoms with E-state index in [9.17, 15) is 4.79 Å². The van der Waals surface area contributed by atoms with Gasteiger partial charge in [0.15, 0.2) is 12.2 Å². The quantitative estimate of drug-likeness (QED) is 0.696. The topological polar surface area (TPSA) is 37.9 Å². The molecule has 0 saturated carbocycles. The molecule has 0 aliphatic carbocycles. The van der Waals surface area contributed by atoms with E-state index in [1.165, 1.54) is 17.1 Å². The molecule has 4 rings (SSSR count). The van der Waals surface area contributed by atoms with Crippen LogP contribution >= 0.6 is 11.6 Å². The first kappa shape index (κ1) is 16.9. The lowest BCUT2D eigenvalue weighted by molar-refractivity contribution is -0.690. The normalized spacial score (nSPS) is 12.8. The molecule has 0 saturated heterocycles. The third kappa shape index (κ3) is 3.25. The van der Waals surface area contributed by atoms with Gasteiger partial charge < -0.3 is 5.32 Å². The lowest BCUT2D eigenvalue weighted by Crippen LogP contribution is -2.42. The second kappa shape index (κ2) is 6.96. The van der Waals surface area contributed by atoms with Gasteiger partial charge in [-0.25, -0.2) is 9.13 Å². The van der Waals surface area contributed by atoms with Crippen LogP contribution in [0, 0.1) is 6.92 Å². The first-order valence-corrected chi connectivity index (χ1v) is 9.23. The Morgan fingerprint density at radius 3 is 2.85 bits per heavy atom. The number of carbonyl (C=O) groups is 1. The molecule has 2 heterocycles. The number of aromatic nitrogens is 2. The van der Waals surface area contributed by atoms with Crippen LogP contribution in [0.2, 0.25) is 5.02 Å². The molecule has 1 N–H and O–H groups in total. The van der Waals surface area contributed by atoms with Crippen LogP contribution in [0.1, 0.15) is 17.8 Å². The summed E-state index contributed by atoms with van der Waals surface area (Å²) in [6.07, 6.45) is 4.20. The van der Waals surface area contributed by atoms with Gasteiger partial charge in [0.2, 0.25) is 0 Å². The Labute approximate surface area is 158 Å². The van der Waals surface area contributed by atoms with Crippen LogP contribution in [0.25, 0.3) is 11.3 Å². The summed E-state index contributed by atoms with van der Waals surface area (Å²) in [5.74, 6) is 1.17. The fourth-order valence-electron chi connectivity index (χ4n) is 3.56. The summed E-state index contributed by atoms with van der Waals surface area (Å²) in [4.78, 5) is 12.6. The fraction of sp³-hybridized carbons (Fsp3) is 0.238. The van der Waals surface area contributed by atoms with Gasteiger partial charge in [-0.05, 0) is 31.0 Å². The van der Waals surface area contributed by atoms with E-state index in [1.54, 1.807) is 6.07 Å². The van der Waals surface area contributed by atoms with Crippen molar-refractivity contribution in [1.29, 1.82) is 0 Å². The number of imidazole rings is 1. The summed E-state index contributed by atoms with van der Waals surface area (Å²) >= 11 is 6.05. The number of amides is 1. The third-order valence-electron chi connectivity index (χ3n) is 4.85. The van der Waals surface area contributed by atoms with Gasteiger partial charge in [-0.15, -0.1) is 0 Å². The van der Waals surface area contributed by atoms with Gasteiger partial charge in [0, 0.05) is 16.3 Å². The fourth-order valence-corrected chi connectivity index (χ4v) is 3.73. The Balaban J connectivity index is 1.59. The van der Waals surface area contributed by atoms with E-state index in [0.29, 0.717) is 11.6 Å². The summed E-state index contributed by atoms with van der Waals surface area (Å²) in [6.45, 7) is 3.26. The molecular weight excluding hydrogens is 346 g/mol. The van der Waals surface area contributed by atoms with Crippen molar-refractivity contribution in [2.24, 2.45) is 0 Å². The zero-order valence-corrected chi connectivity index (χ0v) is 15.5. The maximum Gasteiger partial charge on any atom is 0.266 e. The van der Waals surface area contributed by atoms with E-state index >= 15 is 0 Å². The molecular formula is C21H21ClN3O+. The summed E-state index contributed by atoms with van der Waals surface area (Å²) < 4.78 is 4.40. The van der Waals surface area contributed by atoms with Crippen molar-refractivity contribution in [2.45, 2.75) is 32.9 Å². The van der Waals surface area contributed by atoms with Crippen LogP contribution in [-0.4, -0.2) is 10.5 Å². The van der Waals surface area contributed by atoms with Crippen LogP contribution in [0.5, 0.6) is 0 Å². The van der Waals surface area contributed by atoms with Crippen molar-refractivity contribution in [1.82, 2.24) is 4.57 Å². The molecule has 1 amide bonds. The molecule has 1 aliphatic heterocycles. The van der Waals surface area contributed by atoms with Gasteiger partial charge in [-0.3, -0.25) is 4.79 Å². The SMILES string of the molecule is Cc1ccc(Cl)cc1NC(=O)C[n+]1cc(-c2ccccc2)n2c1CCC2. The minimum atomic E-state index is -0.0414. The molecule has 5 heteroatoms. The van der Waals surface area contributed by atoms with E-state index in [2.05, 4.69) is 32.8 Å². The van der Waals surface area contributed by atoms with Gasteiger partial charge in [0.25, 0.3) is 11.7 Å². The zero-order valence-electron chi connectivity index (χ0n) is 14.7. The average Bonchev–Trinajstić information content (AvgIpc) is 3.23. The molecule has 1 aliphatic rings. The van der Waals surface area contributed by atoms with Crippen LogP contribution in [-0.2, 0) is 24.3 Å². The van der Waals surface area contributed by atoms with Crippen molar-refractivity contribution < 1.29 is 9.36 Å². The summed E-state index contributed by atoms with van der Waals surface area (Å²) in [5, 5.41) is 3.61. The van der Waals surface area contributed by atoms with Crippen LogP contribution in [0.4, 0.5) is 5.69 Å². The summed E-state index contributed by atoms with van der Waals surface area (Å²) in [7, 11) is 0. The number of benzene rings is 2. The molecule has 2 aromatic carbocycles. The van der Waals surface area contributed by atoms with Crippen molar-refractivity contribution in [3.63, 3.8) is 0 Å². The monoisotopic (exact) mass is 366 g/mol. The van der Waals surface area contributed by atoms with Gasteiger partial charge in [0.05, 0.1) is 13.0 Å². The average molecular weight is 367 g/mol. The molecule has 0 bridgehead atoms. The number of hydrogen-bond acceptors (Lipinski definition) is 1. The molecule has 0 radical (unpaired) electrons. The minimum absolute atomic E-state index is 0.0414. The number of fused-ring (bicyclic) bond motifs is 1. The van der Waals surface area contributed by atoms with Crippen molar-refractivity contribution >= 4 is 23.2 Å². The number of nitrogens with one attached hydrogen (secondary N) is 1. The Morgan fingerprint density at radius 2 is 2.04 bits per heavy atom. The van der Waals surface area contributed by atoms with Crippen molar-refractivity contribution in [3.8, 4) is 11.3 Å². The van der Waals surface area contributed by atoms with Crippen LogP contribution < -0.4 is 9.88 Å². The number of nitrogens with zero attached hydrogens (tertiary/aromatic N) is 2. The largest absolute Gasteiger partial charge is 0.322 e. The van der Waals surface area contributed by atoms with Gasteiger partial charge in [0.1, 0.15) is 6.20 Å². The smallest absolute Gasteiger partial charge is 0.266 e. The standard InChI is InChI=1S/C21H20ClN3O/c1-15-9-10-17(22)12-18(15)23-20(26)14-24-13-19(16-6-3-2-4-7-16)25-11-5-8-21(24)25/h2-4,6-7,9-10,12-13H,5,8,11,14H2,1H3/p+1. The summed E-state index contributed by atoms with van der Waals surface area (Å²) in [5.41, 5.74) is 4.12. The number of anilines is 1. The Bertz CT molecular complexity index is 963. The van der Waals surface area contributed by atoms with E-state index in [0.717, 1.165) is 30.6 Å². The second-order valence-electron chi connectivity index (χ2n) is 6.69. The molecule has 26 heavy (non-hydrogen) atoms. The van der Waals surface area contributed by atoms with Crippen molar-refractivity contribution in [2.75, 3.05) is 5.32 Å². The number of aryl methyl sites for hydroxylation is 1. The summed E-state index contributed by atoms with van der Waals surface area (Å²) in [6, 6.07) is 15.9. The van der Waals surface area contributed by atoms with Gasteiger partial charge >= 0.3 is 0 Å². The lowest BCUT2D eigenvalue weighted by Gasteiger charge is -2.08. The second-order valence-corrected chi connectivity index (χ2v) is 7.12. The highest BCUT2D eigenvalue weighted by Gasteiger charge is 2.29. The highest BCUT2D eigenvalue weighted by Crippen LogP contribution is 2.24. The first-order valence-electron chi connectivity index (χ1n) is 8.85. The first-order chi connectivity index (χ1) is 12.6. The molecule has 0 unspecified atom stereocenters. The molecule has 132 valence electrons. The molecule has 0 fully saturated rings. The Morgan fingerprint density at radius 1 is 1.23 bits per heavy atom. The third-order valence-corrected chi connectivity index (χ3v) is 5.09. The zero-order chi connectivity index (χ0) is 18.1. The molecule has 0 atom stereocenters. The van der Waals surface area contributed by atoms with Crippen molar-refractivity contribution in [3.05, 3.63) is 71.1 Å². The van der Waals surface area contributed by atoms with E-state index in [4.69, 9.17) is 11.6 Å². The number of hydrogen-bond donors (Lipinski definition) is 1. The Kier molecular flexibility index (Phi) is 4.51. The maximum absolute atomic E-state index is 12.6. The lowest BCUT2D eigenvalue weighted by atomic mass is 10.2. The molecule has 4 nitrogen and oxygen atoms in total. The van der Waals surface area contributed by atoms with Crippen LogP contribution in [0.3, 0.4) is 0 Å². The van der Waals surface area contributed by atoms with E-state index in [-0.39, 0.29) is 5.91 Å². The maximum atomic E-state index is 12.6. The Hall–Kier alpha value is -2.59. The highest BCUT2D eigenvalue weighted by atomic mass is 35.5. The number of halogens is 1. The van der Waals surface area contributed by atoms with Crippen LogP contribution in [0.15, 0.2) is 54.7 Å². The van der Waals surface area contributed by atoms with E-state index < -0.39 is 0 Å². The predicted octanol–water partition coefficient (Wildman–Crippen LogP) is 3.99. The number of rotatable bonds is 4. The molecule has 0 spiro atoms. The number of carbonyl (C=O) groups excluding carboxylic acids is 1. The van der Waals surface area contributed by atoms with Gasteiger partial charge in [-0.1, -0.05) is 48.0 Å². The molecule has 1 aromatic heterocycles. The highest BCUT2D eigenvalue weighted by molar-refractivity contribution is 6.31.